The van der Waals surface area contributed by atoms with Gasteiger partial charge >= 0.3 is 0 Å². The van der Waals surface area contributed by atoms with Crippen LogP contribution in [0.2, 0.25) is 0 Å². The van der Waals surface area contributed by atoms with Crippen molar-refractivity contribution in [3.8, 4) is 0 Å². The Hall–Kier alpha value is -3.14. The lowest BCUT2D eigenvalue weighted by atomic mass is 10.3. The highest BCUT2D eigenvalue weighted by Crippen LogP contribution is 2.23. The first-order valence-electron chi connectivity index (χ1n) is 8.60. The highest BCUT2D eigenvalue weighted by Gasteiger charge is 2.22. The number of hydrogen-bond donors (Lipinski definition) is 3. The normalized spacial score (nSPS) is 11.3. The minimum absolute atomic E-state index is 0.166. The van der Waals surface area contributed by atoms with E-state index in [-0.39, 0.29) is 4.90 Å². The maximum absolute atomic E-state index is 12.6. The molecule has 0 unspecified atom stereocenters. The Bertz CT molecular complexity index is 1070. The van der Waals surface area contributed by atoms with Crippen molar-refractivity contribution in [3.63, 3.8) is 0 Å². The van der Waals surface area contributed by atoms with Gasteiger partial charge < -0.3 is 10.2 Å². The van der Waals surface area contributed by atoms with Gasteiger partial charge in [0.1, 0.15) is 10.7 Å². The van der Waals surface area contributed by atoms with E-state index in [1.165, 1.54) is 0 Å². The minimum Gasteiger partial charge on any atom is -0.363 e. The fourth-order valence-electron chi connectivity index (χ4n) is 2.73. The van der Waals surface area contributed by atoms with Gasteiger partial charge in [0.15, 0.2) is 0 Å². The van der Waals surface area contributed by atoms with Crippen molar-refractivity contribution < 1.29 is 8.42 Å². The van der Waals surface area contributed by atoms with E-state index in [9.17, 15) is 8.42 Å². The first-order chi connectivity index (χ1) is 13.2. The number of nitrogens with one attached hydrogen (secondary N) is 3. The van der Waals surface area contributed by atoms with Crippen LogP contribution >= 0.6 is 0 Å². The van der Waals surface area contributed by atoms with Crippen LogP contribution in [0.15, 0.2) is 35.2 Å². The highest BCUT2D eigenvalue weighted by molar-refractivity contribution is 7.92. The van der Waals surface area contributed by atoms with Crippen molar-refractivity contribution in [2.45, 2.75) is 25.7 Å². The van der Waals surface area contributed by atoms with Gasteiger partial charge in [0.05, 0.1) is 11.4 Å². The molecule has 0 saturated carbocycles. The first kappa shape index (κ1) is 19.6. The molecule has 2 heterocycles. The second kappa shape index (κ2) is 7.47. The molecule has 3 rings (SSSR count). The smallest absolute Gasteiger partial charge is 0.265 e. The molecule has 0 radical (unpaired) electrons. The van der Waals surface area contributed by atoms with Crippen LogP contribution in [-0.4, -0.2) is 42.7 Å². The molecular weight excluding hydrogens is 378 g/mol. The van der Waals surface area contributed by atoms with Crippen molar-refractivity contribution in [2.75, 3.05) is 29.0 Å². The summed E-state index contributed by atoms with van der Waals surface area (Å²) in [4.78, 5) is 10.9. The zero-order valence-corrected chi connectivity index (χ0v) is 17.2. The Kier molecular flexibility index (Phi) is 5.23. The van der Waals surface area contributed by atoms with Gasteiger partial charge in [-0.15, -0.1) is 0 Å². The Morgan fingerprint density at radius 1 is 1.00 bits per heavy atom. The van der Waals surface area contributed by atoms with Gasteiger partial charge in [-0.25, -0.2) is 13.4 Å². The van der Waals surface area contributed by atoms with Gasteiger partial charge in [0.2, 0.25) is 5.95 Å². The zero-order valence-electron chi connectivity index (χ0n) is 16.4. The summed E-state index contributed by atoms with van der Waals surface area (Å²) in [5.74, 6) is 1.27. The number of anilines is 4. The number of aromatic amines is 1. The quantitative estimate of drug-likeness (QED) is 0.581. The molecule has 0 aliphatic heterocycles. The standard InChI is InChI=1S/C18H23N7O2S/c1-11-10-16(25(4)5)21-18(19-11)20-14-6-8-15(9-7-14)24-28(26,27)17-12(2)22-23-13(17)3/h6-10,24H,1-5H3,(H,22,23)(H,19,20,21). The number of sulfonamides is 1. The molecule has 0 amide bonds. The molecule has 1 aromatic carbocycles. The second-order valence-corrected chi connectivity index (χ2v) is 8.28. The van der Waals surface area contributed by atoms with Crippen LogP contribution in [0.4, 0.5) is 23.1 Å². The van der Waals surface area contributed by atoms with E-state index < -0.39 is 10.0 Å². The molecule has 0 bridgehead atoms. The van der Waals surface area contributed by atoms with Crippen LogP contribution < -0.4 is 14.9 Å². The Labute approximate surface area is 164 Å². The van der Waals surface area contributed by atoms with Crippen molar-refractivity contribution >= 4 is 33.2 Å². The number of aromatic nitrogens is 4. The molecule has 148 valence electrons. The summed E-state index contributed by atoms with van der Waals surface area (Å²) in [6.45, 7) is 5.22. The van der Waals surface area contributed by atoms with Crippen LogP contribution in [0, 0.1) is 20.8 Å². The summed E-state index contributed by atoms with van der Waals surface area (Å²) in [6, 6.07) is 8.76. The Balaban J connectivity index is 1.77. The summed E-state index contributed by atoms with van der Waals surface area (Å²) >= 11 is 0. The van der Waals surface area contributed by atoms with Crippen molar-refractivity contribution in [3.05, 3.63) is 47.4 Å². The lowest BCUT2D eigenvalue weighted by Gasteiger charge is -2.14. The summed E-state index contributed by atoms with van der Waals surface area (Å²) in [6.07, 6.45) is 0. The predicted octanol–water partition coefficient (Wildman–Crippen LogP) is 2.74. The first-order valence-corrected chi connectivity index (χ1v) is 10.1. The van der Waals surface area contributed by atoms with Gasteiger partial charge in [0.25, 0.3) is 10.0 Å². The lowest BCUT2D eigenvalue weighted by Crippen LogP contribution is -2.14. The summed E-state index contributed by atoms with van der Waals surface area (Å²) in [7, 11) is 0.107. The number of nitrogens with zero attached hydrogens (tertiary/aromatic N) is 4. The minimum atomic E-state index is -3.72. The van der Waals surface area contributed by atoms with Crippen molar-refractivity contribution in [1.29, 1.82) is 0 Å². The van der Waals surface area contributed by atoms with Crippen molar-refractivity contribution in [2.24, 2.45) is 0 Å². The third-order valence-corrected chi connectivity index (χ3v) is 5.66. The molecule has 3 aromatic rings. The molecule has 10 heteroatoms. The molecule has 0 spiro atoms. The van der Waals surface area contributed by atoms with Gasteiger partial charge in [0, 0.05) is 37.2 Å². The van der Waals surface area contributed by atoms with E-state index in [1.807, 2.05) is 32.0 Å². The van der Waals surface area contributed by atoms with E-state index in [0.717, 1.165) is 17.2 Å². The maximum Gasteiger partial charge on any atom is 0.265 e. The van der Waals surface area contributed by atoms with Gasteiger partial charge in [-0.3, -0.25) is 9.82 Å². The third kappa shape index (κ3) is 4.22. The van der Waals surface area contributed by atoms with E-state index in [1.54, 1.807) is 38.1 Å². The third-order valence-electron chi connectivity index (χ3n) is 4.02. The second-order valence-electron chi connectivity index (χ2n) is 6.66. The molecule has 0 atom stereocenters. The molecule has 0 saturated heterocycles. The molecule has 3 N–H and O–H groups in total. The number of benzene rings is 1. The zero-order chi connectivity index (χ0) is 20.5. The van der Waals surface area contributed by atoms with Crippen molar-refractivity contribution in [1.82, 2.24) is 20.2 Å². The predicted molar refractivity (Wildman–Crippen MR) is 110 cm³/mol. The fraction of sp³-hybridized carbons (Fsp3) is 0.278. The summed E-state index contributed by atoms with van der Waals surface area (Å²) in [5, 5.41) is 9.76. The van der Waals surface area contributed by atoms with E-state index >= 15 is 0 Å². The molecular formula is C18H23N7O2S. The van der Waals surface area contributed by atoms with E-state index in [0.29, 0.717) is 23.0 Å². The Morgan fingerprint density at radius 3 is 2.21 bits per heavy atom. The van der Waals surface area contributed by atoms with Crippen LogP contribution in [0.1, 0.15) is 17.1 Å². The number of rotatable bonds is 6. The Morgan fingerprint density at radius 2 is 1.64 bits per heavy atom. The largest absolute Gasteiger partial charge is 0.363 e. The number of hydrogen-bond acceptors (Lipinski definition) is 7. The topological polar surface area (TPSA) is 116 Å². The summed E-state index contributed by atoms with van der Waals surface area (Å²) < 4.78 is 27.8. The van der Waals surface area contributed by atoms with Crippen LogP contribution in [-0.2, 0) is 10.0 Å². The van der Waals surface area contributed by atoms with Gasteiger partial charge in [-0.05, 0) is 45.0 Å². The monoisotopic (exact) mass is 401 g/mol. The average Bonchev–Trinajstić information content (AvgIpc) is 2.95. The highest BCUT2D eigenvalue weighted by atomic mass is 32.2. The average molecular weight is 401 g/mol. The fourth-order valence-corrected chi connectivity index (χ4v) is 4.16. The van der Waals surface area contributed by atoms with E-state index in [4.69, 9.17) is 0 Å². The lowest BCUT2D eigenvalue weighted by molar-refractivity contribution is 0.600. The summed E-state index contributed by atoms with van der Waals surface area (Å²) in [5.41, 5.74) is 2.96. The number of H-pyrrole nitrogens is 1. The molecule has 2 aromatic heterocycles. The molecule has 28 heavy (non-hydrogen) atoms. The molecule has 9 nitrogen and oxygen atoms in total. The van der Waals surface area contributed by atoms with E-state index in [2.05, 4.69) is 30.2 Å². The molecule has 0 aliphatic rings. The maximum atomic E-state index is 12.6. The van der Waals surface area contributed by atoms with Gasteiger partial charge in [-0.1, -0.05) is 0 Å². The number of aryl methyl sites for hydroxylation is 3. The SMILES string of the molecule is Cc1cc(N(C)C)nc(Nc2ccc(NS(=O)(=O)c3c(C)n[nH]c3C)cc2)n1. The molecule has 0 aliphatic carbocycles. The molecule has 0 fully saturated rings. The van der Waals surface area contributed by atoms with Crippen LogP contribution in [0.25, 0.3) is 0 Å². The van der Waals surface area contributed by atoms with Gasteiger partial charge in [-0.2, -0.15) is 10.1 Å². The van der Waals surface area contributed by atoms with Crippen LogP contribution in [0.3, 0.4) is 0 Å². The van der Waals surface area contributed by atoms with Crippen LogP contribution in [0.5, 0.6) is 0 Å².